The van der Waals surface area contributed by atoms with Gasteiger partial charge in [0.25, 0.3) is 0 Å². The lowest BCUT2D eigenvalue weighted by molar-refractivity contribution is -0.132. The second-order valence-corrected chi connectivity index (χ2v) is 2.37. The number of carbonyl (C=O) groups is 1. The Balaban J connectivity index is 3.60. The van der Waals surface area contributed by atoms with Gasteiger partial charge in [0.2, 0.25) is 0 Å². The number of rotatable bonds is 4. The third-order valence-electron chi connectivity index (χ3n) is 1.16. The first-order valence-electron chi connectivity index (χ1n) is 3.09. The van der Waals surface area contributed by atoms with E-state index >= 15 is 0 Å². The van der Waals surface area contributed by atoms with E-state index in [0.29, 0.717) is 12.8 Å². The Morgan fingerprint density at radius 1 is 1.40 bits per heavy atom. The Morgan fingerprint density at radius 3 is 2.20 bits per heavy atom. The summed E-state index contributed by atoms with van der Waals surface area (Å²) in [4.78, 5) is 10.2. The molecular weight excluding hydrogens is 128 g/mol. The van der Waals surface area contributed by atoms with Crippen molar-refractivity contribution >= 4 is 5.97 Å². The highest BCUT2D eigenvalue weighted by Gasteiger charge is 2.01. The van der Waals surface area contributed by atoms with E-state index in [-0.39, 0.29) is 5.57 Å². The largest absolute Gasteiger partial charge is 0.478 e. The van der Waals surface area contributed by atoms with Crippen molar-refractivity contribution in [3.05, 3.63) is 24.3 Å². The fourth-order valence-corrected chi connectivity index (χ4v) is 0.471. The third kappa shape index (κ3) is 3.89. The predicted molar refractivity (Wildman–Crippen MR) is 40.8 cm³/mol. The molecule has 0 saturated heterocycles. The van der Waals surface area contributed by atoms with Gasteiger partial charge < -0.3 is 5.11 Å². The number of allylic oxidation sites excluding steroid dienone is 1. The summed E-state index contributed by atoms with van der Waals surface area (Å²) in [7, 11) is 0. The van der Waals surface area contributed by atoms with Crippen LogP contribution in [-0.4, -0.2) is 11.1 Å². The molecule has 0 aliphatic heterocycles. The Labute approximate surface area is 60.9 Å². The molecule has 10 heavy (non-hydrogen) atoms. The van der Waals surface area contributed by atoms with E-state index in [1.165, 1.54) is 0 Å². The van der Waals surface area contributed by atoms with Gasteiger partial charge in [-0.3, -0.25) is 0 Å². The maximum atomic E-state index is 10.2. The molecule has 0 amide bonds. The highest BCUT2D eigenvalue weighted by atomic mass is 16.4. The number of carboxylic acids is 1. The quantitative estimate of drug-likeness (QED) is 0.479. The molecule has 0 rings (SSSR count). The molecule has 2 nitrogen and oxygen atoms in total. The Morgan fingerprint density at radius 2 is 1.90 bits per heavy atom. The second-order valence-electron chi connectivity index (χ2n) is 2.37. The maximum Gasteiger partial charge on any atom is 0.330 e. The van der Waals surface area contributed by atoms with Gasteiger partial charge in [0, 0.05) is 5.57 Å². The van der Waals surface area contributed by atoms with Crippen molar-refractivity contribution in [2.45, 2.75) is 19.8 Å². The molecule has 0 aromatic rings. The Bertz CT molecular complexity index is 168. The monoisotopic (exact) mass is 140 g/mol. The third-order valence-corrected chi connectivity index (χ3v) is 1.16. The first kappa shape index (κ1) is 8.95. The highest BCUT2D eigenvalue weighted by Crippen LogP contribution is 2.07. The zero-order valence-corrected chi connectivity index (χ0v) is 6.18. The molecule has 0 spiro atoms. The summed E-state index contributed by atoms with van der Waals surface area (Å²) in [5.74, 6) is -0.916. The molecule has 0 aliphatic rings. The average molecular weight is 140 g/mol. The molecule has 2 heteroatoms. The second kappa shape index (κ2) is 3.88. The van der Waals surface area contributed by atoms with Crippen molar-refractivity contribution in [2.24, 2.45) is 0 Å². The number of hydrogen-bond donors (Lipinski definition) is 1. The molecular formula is C8H12O2. The van der Waals surface area contributed by atoms with E-state index < -0.39 is 5.97 Å². The van der Waals surface area contributed by atoms with Crippen LogP contribution in [0, 0.1) is 0 Å². The molecule has 0 radical (unpaired) electrons. The maximum absolute atomic E-state index is 10.2. The van der Waals surface area contributed by atoms with E-state index in [4.69, 9.17) is 5.11 Å². The Kier molecular flexibility index (Phi) is 3.47. The van der Waals surface area contributed by atoms with Crippen LogP contribution in [-0.2, 0) is 4.79 Å². The van der Waals surface area contributed by atoms with Gasteiger partial charge in [0.15, 0.2) is 0 Å². The summed E-state index contributed by atoms with van der Waals surface area (Å²) < 4.78 is 0. The molecule has 0 heterocycles. The zero-order chi connectivity index (χ0) is 8.15. The SMILES string of the molecule is C=C(C)CCC(=C)C(=O)O. The van der Waals surface area contributed by atoms with E-state index in [0.717, 1.165) is 5.57 Å². The van der Waals surface area contributed by atoms with Crippen LogP contribution in [0.3, 0.4) is 0 Å². The normalized spacial score (nSPS) is 8.90. The number of hydrogen-bond acceptors (Lipinski definition) is 1. The summed E-state index contributed by atoms with van der Waals surface area (Å²) in [5, 5.41) is 8.37. The van der Waals surface area contributed by atoms with Crippen molar-refractivity contribution < 1.29 is 9.90 Å². The number of carboxylic acid groups (broad SMARTS) is 1. The fraction of sp³-hybridized carbons (Fsp3) is 0.375. The van der Waals surface area contributed by atoms with Gasteiger partial charge in [-0.2, -0.15) is 0 Å². The van der Waals surface area contributed by atoms with Gasteiger partial charge in [-0.25, -0.2) is 4.79 Å². The molecule has 0 aliphatic carbocycles. The first-order chi connectivity index (χ1) is 4.54. The van der Waals surface area contributed by atoms with Gasteiger partial charge in [0.1, 0.15) is 0 Å². The van der Waals surface area contributed by atoms with Crippen molar-refractivity contribution in [1.82, 2.24) is 0 Å². The van der Waals surface area contributed by atoms with Crippen LogP contribution in [0.4, 0.5) is 0 Å². The minimum absolute atomic E-state index is 0.253. The molecule has 0 saturated carbocycles. The molecule has 0 aromatic carbocycles. The standard InChI is InChI=1S/C8H12O2/c1-6(2)4-5-7(3)8(9)10/h1,3-5H2,2H3,(H,9,10). The van der Waals surface area contributed by atoms with Crippen molar-refractivity contribution in [3.63, 3.8) is 0 Å². The summed E-state index contributed by atoms with van der Waals surface area (Å²) >= 11 is 0. The van der Waals surface area contributed by atoms with Crippen LogP contribution in [0.1, 0.15) is 19.8 Å². The van der Waals surface area contributed by atoms with E-state index in [1.54, 1.807) is 0 Å². The predicted octanol–water partition coefficient (Wildman–Crippen LogP) is 1.98. The van der Waals surface area contributed by atoms with Gasteiger partial charge in [-0.1, -0.05) is 12.2 Å². The van der Waals surface area contributed by atoms with Gasteiger partial charge >= 0.3 is 5.97 Å². The lowest BCUT2D eigenvalue weighted by atomic mass is 10.1. The summed E-state index contributed by atoms with van der Waals surface area (Å²) in [6, 6.07) is 0. The lowest BCUT2D eigenvalue weighted by Gasteiger charge is -1.97. The van der Waals surface area contributed by atoms with Crippen LogP contribution in [0.5, 0.6) is 0 Å². The molecule has 0 unspecified atom stereocenters. The summed E-state index contributed by atoms with van der Waals surface area (Å²) in [5.41, 5.74) is 1.24. The minimum Gasteiger partial charge on any atom is -0.478 e. The zero-order valence-electron chi connectivity index (χ0n) is 6.18. The van der Waals surface area contributed by atoms with E-state index in [2.05, 4.69) is 13.2 Å². The highest BCUT2D eigenvalue weighted by molar-refractivity contribution is 5.85. The van der Waals surface area contributed by atoms with Crippen molar-refractivity contribution in [3.8, 4) is 0 Å². The molecule has 0 fully saturated rings. The average Bonchev–Trinajstić information content (AvgIpc) is 1.82. The minimum atomic E-state index is -0.916. The molecule has 0 bridgehead atoms. The Hall–Kier alpha value is -1.05. The summed E-state index contributed by atoms with van der Waals surface area (Å²) in [6.45, 7) is 8.91. The van der Waals surface area contributed by atoms with Crippen LogP contribution >= 0.6 is 0 Å². The number of aliphatic carboxylic acids is 1. The van der Waals surface area contributed by atoms with Crippen LogP contribution in [0.2, 0.25) is 0 Å². The van der Waals surface area contributed by atoms with Crippen LogP contribution < -0.4 is 0 Å². The summed E-state index contributed by atoms with van der Waals surface area (Å²) in [6.07, 6.45) is 1.22. The molecule has 0 atom stereocenters. The van der Waals surface area contributed by atoms with Crippen molar-refractivity contribution in [2.75, 3.05) is 0 Å². The topological polar surface area (TPSA) is 37.3 Å². The molecule has 0 aromatic heterocycles. The lowest BCUT2D eigenvalue weighted by Crippen LogP contribution is -1.98. The first-order valence-corrected chi connectivity index (χ1v) is 3.09. The van der Waals surface area contributed by atoms with E-state index in [9.17, 15) is 4.79 Å². The van der Waals surface area contributed by atoms with Crippen LogP contribution in [0.15, 0.2) is 24.3 Å². The van der Waals surface area contributed by atoms with Gasteiger partial charge in [0.05, 0.1) is 0 Å². The van der Waals surface area contributed by atoms with E-state index in [1.807, 2.05) is 6.92 Å². The molecule has 1 N–H and O–H groups in total. The van der Waals surface area contributed by atoms with Gasteiger partial charge in [-0.05, 0) is 19.8 Å². The van der Waals surface area contributed by atoms with Crippen LogP contribution in [0.25, 0.3) is 0 Å². The van der Waals surface area contributed by atoms with Gasteiger partial charge in [-0.15, -0.1) is 6.58 Å². The fourth-order valence-electron chi connectivity index (χ4n) is 0.471. The smallest absolute Gasteiger partial charge is 0.330 e. The van der Waals surface area contributed by atoms with Crippen molar-refractivity contribution in [1.29, 1.82) is 0 Å². The molecule has 56 valence electrons.